The van der Waals surface area contributed by atoms with Crippen LogP contribution < -0.4 is 15.4 Å². The summed E-state index contributed by atoms with van der Waals surface area (Å²) in [6, 6.07) is 7.19. The molecule has 0 saturated heterocycles. The fourth-order valence-electron chi connectivity index (χ4n) is 1.93. The Hall–Kier alpha value is -2.34. The van der Waals surface area contributed by atoms with Crippen molar-refractivity contribution in [3.63, 3.8) is 0 Å². The molecule has 1 aromatic heterocycles. The van der Waals surface area contributed by atoms with Crippen LogP contribution in [0.15, 0.2) is 28.8 Å². The van der Waals surface area contributed by atoms with Crippen molar-refractivity contribution in [3.8, 4) is 5.75 Å². The average Bonchev–Trinajstić information content (AvgIpc) is 2.80. The van der Waals surface area contributed by atoms with Crippen LogP contribution in [0.3, 0.4) is 0 Å². The van der Waals surface area contributed by atoms with Crippen molar-refractivity contribution < 1.29 is 14.1 Å². The molecule has 0 atom stereocenters. The Balaban J connectivity index is 1.79. The molecule has 0 bridgehead atoms. The topological polar surface area (TPSA) is 76.4 Å². The van der Waals surface area contributed by atoms with Gasteiger partial charge in [0.25, 0.3) is 0 Å². The van der Waals surface area contributed by atoms with Crippen molar-refractivity contribution in [3.05, 3.63) is 41.3 Å². The summed E-state index contributed by atoms with van der Waals surface area (Å²) in [7, 11) is 1.60. The Labute approximate surface area is 123 Å². The summed E-state index contributed by atoms with van der Waals surface area (Å²) < 4.78 is 10.1. The summed E-state index contributed by atoms with van der Waals surface area (Å²) in [6.45, 7) is 4.51. The second-order valence-electron chi connectivity index (χ2n) is 4.68. The molecule has 2 rings (SSSR count). The zero-order chi connectivity index (χ0) is 15.2. The van der Waals surface area contributed by atoms with E-state index in [9.17, 15) is 4.79 Å². The largest absolute Gasteiger partial charge is 0.497 e. The molecule has 0 aliphatic carbocycles. The van der Waals surface area contributed by atoms with E-state index < -0.39 is 0 Å². The lowest BCUT2D eigenvalue weighted by atomic mass is 10.2. The first kappa shape index (κ1) is 15.1. The lowest BCUT2D eigenvalue weighted by Gasteiger charge is -2.07. The number of hydrogen-bond donors (Lipinski definition) is 2. The third-order valence-electron chi connectivity index (χ3n) is 3.14. The second-order valence-corrected chi connectivity index (χ2v) is 4.68. The molecule has 0 unspecified atom stereocenters. The number of carbonyl (C=O) groups is 1. The summed E-state index contributed by atoms with van der Waals surface area (Å²) in [5.41, 5.74) is 2.57. The number of ether oxygens (including phenoxy) is 1. The van der Waals surface area contributed by atoms with Gasteiger partial charge in [0.15, 0.2) is 0 Å². The fraction of sp³-hybridized carbons (Fsp3) is 0.333. The van der Waals surface area contributed by atoms with Gasteiger partial charge in [-0.05, 0) is 38.1 Å². The molecule has 0 radical (unpaired) electrons. The Kier molecular flexibility index (Phi) is 4.94. The highest BCUT2D eigenvalue weighted by molar-refractivity contribution is 5.92. The Morgan fingerprint density at radius 3 is 2.57 bits per heavy atom. The van der Waals surface area contributed by atoms with E-state index >= 15 is 0 Å². The van der Waals surface area contributed by atoms with Crippen molar-refractivity contribution in [1.82, 2.24) is 10.5 Å². The Bertz CT molecular complexity index is 586. The summed E-state index contributed by atoms with van der Waals surface area (Å²) in [4.78, 5) is 11.8. The molecule has 0 fully saturated rings. The average molecular weight is 289 g/mol. The maximum atomic E-state index is 11.8. The molecule has 0 aliphatic rings. The van der Waals surface area contributed by atoms with Crippen LogP contribution >= 0.6 is 0 Å². The molecule has 1 amide bonds. The maximum Gasteiger partial charge on any atom is 0.238 e. The molecule has 1 aromatic carbocycles. The third kappa shape index (κ3) is 4.06. The van der Waals surface area contributed by atoms with Gasteiger partial charge in [-0.2, -0.15) is 0 Å². The molecule has 0 aliphatic heterocycles. The van der Waals surface area contributed by atoms with Crippen LogP contribution in [0.1, 0.15) is 17.0 Å². The maximum absolute atomic E-state index is 11.8. The number of carbonyl (C=O) groups excluding carboxylic acids is 1. The minimum Gasteiger partial charge on any atom is -0.497 e. The number of amides is 1. The van der Waals surface area contributed by atoms with Gasteiger partial charge in [0.1, 0.15) is 11.5 Å². The summed E-state index contributed by atoms with van der Waals surface area (Å²) in [5.74, 6) is 1.42. The van der Waals surface area contributed by atoms with Gasteiger partial charge in [0.2, 0.25) is 5.91 Å². The molecule has 1 heterocycles. The molecule has 21 heavy (non-hydrogen) atoms. The quantitative estimate of drug-likeness (QED) is 0.851. The van der Waals surface area contributed by atoms with Crippen LogP contribution in [-0.4, -0.2) is 24.7 Å². The van der Waals surface area contributed by atoms with E-state index in [0.29, 0.717) is 6.54 Å². The number of nitrogens with one attached hydrogen (secondary N) is 2. The Morgan fingerprint density at radius 2 is 2.00 bits per heavy atom. The molecule has 0 spiro atoms. The van der Waals surface area contributed by atoms with Crippen molar-refractivity contribution >= 4 is 11.6 Å². The predicted molar refractivity (Wildman–Crippen MR) is 79.3 cm³/mol. The van der Waals surface area contributed by atoms with Gasteiger partial charge in [-0.25, -0.2) is 0 Å². The van der Waals surface area contributed by atoms with Crippen LogP contribution in [0.25, 0.3) is 0 Å². The SMILES string of the molecule is COc1ccc(NC(=O)CNCc2c(C)noc2C)cc1. The number of aromatic nitrogens is 1. The van der Waals surface area contributed by atoms with Crippen LogP contribution in [0.5, 0.6) is 5.75 Å². The van der Waals surface area contributed by atoms with Crippen LogP contribution in [0, 0.1) is 13.8 Å². The first-order chi connectivity index (χ1) is 10.1. The number of aryl methyl sites for hydroxylation is 2. The van der Waals surface area contributed by atoms with Crippen molar-refractivity contribution in [2.75, 3.05) is 19.0 Å². The second kappa shape index (κ2) is 6.90. The Morgan fingerprint density at radius 1 is 1.29 bits per heavy atom. The van der Waals surface area contributed by atoms with Crippen molar-refractivity contribution in [2.45, 2.75) is 20.4 Å². The van der Waals surface area contributed by atoms with E-state index in [-0.39, 0.29) is 12.5 Å². The molecule has 112 valence electrons. The van der Waals surface area contributed by atoms with E-state index in [1.165, 1.54) is 0 Å². The van der Waals surface area contributed by atoms with Gasteiger partial charge in [-0.3, -0.25) is 4.79 Å². The highest BCUT2D eigenvalue weighted by Crippen LogP contribution is 2.15. The van der Waals surface area contributed by atoms with Gasteiger partial charge >= 0.3 is 0 Å². The summed E-state index contributed by atoms with van der Waals surface area (Å²) in [5, 5.41) is 9.75. The molecular formula is C15H19N3O3. The van der Waals surface area contributed by atoms with Gasteiger partial charge in [-0.15, -0.1) is 0 Å². The van der Waals surface area contributed by atoms with E-state index in [1.54, 1.807) is 31.4 Å². The van der Waals surface area contributed by atoms with Crippen LogP contribution in [0.2, 0.25) is 0 Å². The number of hydrogen-bond acceptors (Lipinski definition) is 5. The lowest BCUT2D eigenvalue weighted by Crippen LogP contribution is -2.28. The van der Waals surface area contributed by atoms with Gasteiger partial charge < -0.3 is 19.9 Å². The van der Waals surface area contributed by atoms with Gasteiger partial charge in [-0.1, -0.05) is 5.16 Å². The lowest BCUT2D eigenvalue weighted by molar-refractivity contribution is -0.115. The fourth-order valence-corrected chi connectivity index (χ4v) is 1.93. The number of benzene rings is 1. The number of methoxy groups -OCH3 is 1. The smallest absolute Gasteiger partial charge is 0.238 e. The molecule has 2 N–H and O–H groups in total. The van der Waals surface area contributed by atoms with Crippen molar-refractivity contribution in [1.29, 1.82) is 0 Å². The summed E-state index contributed by atoms with van der Waals surface area (Å²) >= 11 is 0. The standard InChI is InChI=1S/C15H19N3O3/c1-10-14(11(2)21-18-10)8-16-9-15(19)17-12-4-6-13(20-3)7-5-12/h4-7,16H,8-9H2,1-3H3,(H,17,19). The van der Waals surface area contributed by atoms with Crippen molar-refractivity contribution in [2.24, 2.45) is 0 Å². The van der Waals surface area contributed by atoms with Crippen LogP contribution in [-0.2, 0) is 11.3 Å². The normalized spacial score (nSPS) is 10.4. The highest BCUT2D eigenvalue weighted by atomic mass is 16.5. The minimum absolute atomic E-state index is 0.105. The van der Waals surface area contributed by atoms with E-state index in [1.807, 2.05) is 13.8 Å². The number of nitrogens with zero attached hydrogens (tertiary/aromatic N) is 1. The monoisotopic (exact) mass is 289 g/mol. The molecule has 2 aromatic rings. The predicted octanol–water partition coefficient (Wildman–Crippen LogP) is 2.03. The van der Waals surface area contributed by atoms with Gasteiger partial charge in [0, 0.05) is 17.8 Å². The first-order valence-electron chi connectivity index (χ1n) is 6.66. The number of rotatable bonds is 6. The molecular weight excluding hydrogens is 270 g/mol. The van der Waals surface area contributed by atoms with Gasteiger partial charge in [0.05, 0.1) is 19.3 Å². The number of anilines is 1. The molecule has 0 saturated carbocycles. The van der Waals surface area contributed by atoms with E-state index in [2.05, 4.69) is 15.8 Å². The first-order valence-corrected chi connectivity index (χ1v) is 6.66. The zero-order valence-corrected chi connectivity index (χ0v) is 12.4. The van der Waals surface area contributed by atoms with Crippen LogP contribution in [0.4, 0.5) is 5.69 Å². The summed E-state index contributed by atoms with van der Waals surface area (Å²) in [6.07, 6.45) is 0. The highest BCUT2D eigenvalue weighted by Gasteiger charge is 2.09. The molecule has 6 nitrogen and oxygen atoms in total. The minimum atomic E-state index is -0.105. The van der Waals surface area contributed by atoms with E-state index in [0.717, 1.165) is 28.5 Å². The molecule has 6 heteroatoms. The zero-order valence-electron chi connectivity index (χ0n) is 12.4. The third-order valence-corrected chi connectivity index (χ3v) is 3.14. The van der Waals surface area contributed by atoms with E-state index in [4.69, 9.17) is 9.26 Å².